The number of carbonyl (C=O) groups is 1. The van der Waals surface area contributed by atoms with Gasteiger partial charge in [0.05, 0.1) is 24.9 Å². The molecule has 2 N–H and O–H groups in total. The average molecular weight is 578 g/mol. The van der Waals surface area contributed by atoms with E-state index in [4.69, 9.17) is 0 Å². The number of carbonyl (C=O) groups excluding carboxylic acids is 1. The van der Waals surface area contributed by atoms with Gasteiger partial charge in [0.25, 0.3) is 10.0 Å². The summed E-state index contributed by atoms with van der Waals surface area (Å²) < 4.78 is 75.3. The van der Waals surface area contributed by atoms with E-state index in [1.807, 2.05) is 4.90 Å². The highest BCUT2D eigenvalue weighted by molar-refractivity contribution is 7.92. The topological polar surface area (TPSA) is 114 Å². The zero-order chi connectivity index (χ0) is 28.8. The molecule has 1 aliphatic heterocycles. The molecule has 9 nitrogen and oxygen atoms in total. The van der Waals surface area contributed by atoms with Gasteiger partial charge in [0.2, 0.25) is 0 Å². The van der Waals surface area contributed by atoms with Crippen LogP contribution in [0.2, 0.25) is 0 Å². The van der Waals surface area contributed by atoms with Crippen molar-refractivity contribution in [3.63, 3.8) is 0 Å². The number of sulfonamides is 1. The van der Waals surface area contributed by atoms with Crippen LogP contribution in [0.5, 0.6) is 0 Å². The van der Waals surface area contributed by atoms with Crippen molar-refractivity contribution in [2.24, 2.45) is 0 Å². The monoisotopic (exact) mass is 577 g/mol. The lowest BCUT2D eigenvalue weighted by molar-refractivity contribution is -0.139. The van der Waals surface area contributed by atoms with Crippen molar-refractivity contribution in [3.05, 3.63) is 65.7 Å². The van der Waals surface area contributed by atoms with Crippen LogP contribution in [0.15, 0.2) is 59.6 Å². The normalized spacial score (nSPS) is 15.6. The molecule has 214 valence electrons. The number of halogens is 3. The largest absolute Gasteiger partial charge is 0.468 e. The van der Waals surface area contributed by atoms with Crippen molar-refractivity contribution in [2.75, 3.05) is 42.9 Å². The number of methoxy groups -OCH3 is 1. The van der Waals surface area contributed by atoms with E-state index in [0.717, 1.165) is 31.4 Å². The number of aryl methyl sites for hydroxylation is 1. The molecule has 1 aliphatic rings. The summed E-state index contributed by atoms with van der Waals surface area (Å²) in [7, 11) is -2.98. The van der Waals surface area contributed by atoms with Gasteiger partial charge in [-0.15, -0.1) is 0 Å². The van der Waals surface area contributed by atoms with Crippen LogP contribution >= 0.6 is 0 Å². The number of rotatable bonds is 5. The minimum atomic E-state index is -4.68. The fourth-order valence-electron chi connectivity index (χ4n) is 4.45. The van der Waals surface area contributed by atoms with Gasteiger partial charge in [-0.1, -0.05) is 36.8 Å². The molecule has 0 radical (unpaired) electrons. The van der Waals surface area contributed by atoms with Crippen LogP contribution in [0.25, 0.3) is 11.3 Å². The third-order valence-electron chi connectivity index (χ3n) is 6.45. The summed E-state index contributed by atoms with van der Waals surface area (Å²) in [6.45, 7) is 1.48. The molecule has 0 aliphatic carbocycles. The lowest BCUT2D eigenvalue weighted by Gasteiger charge is -2.24. The fraction of sp³-hybridized carbons (Fsp3) is 0.370. The Balaban J connectivity index is 1.72. The Kier molecular flexibility index (Phi) is 9.25. The number of fused-ring (bicyclic) bond motifs is 6. The van der Waals surface area contributed by atoms with Gasteiger partial charge in [-0.3, -0.25) is 9.52 Å². The predicted molar refractivity (Wildman–Crippen MR) is 144 cm³/mol. The van der Waals surface area contributed by atoms with E-state index in [1.54, 1.807) is 36.4 Å². The zero-order valence-corrected chi connectivity index (χ0v) is 22.7. The van der Waals surface area contributed by atoms with Gasteiger partial charge in [0.15, 0.2) is 5.03 Å². The van der Waals surface area contributed by atoms with Gasteiger partial charge < -0.3 is 15.0 Å². The fourth-order valence-corrected chi connectivity index (χ4v) is 5.42. The third-order valence-corrected chi connectivity index (χ3v) is 7.71. The van der Waals surface area contributed by atoms with E-state index in [-0.39, 0.29) is 23.1 Å². The lowest BCUT2D eigenvalue weighted by atomic mass is 9.96. The number of nitrogens with zero attached hydrogens (tertiary/aromatic N) is 3. The van der Waals surface area contributed by atoms with Crippen molar-refractivity contribution in [2.45, 2.75) is 36.9 Å². The maximum absolute atomic E-state index is 13.9. The van der Waals surface area contributed by atoms with Crippen LogP contribution in [-0.2, 0) is 32.2 Å². The maximum atomic E-state index is 13.9. The summed E-state index contributed by atoms with van der Waals surface area (Å²) in [5, 5.41) is 2.70. The second kappa shape index (κ2) is 12.6. The number of alkyl halides is 3. The number of esters is 1. The Hall–Kier alpha value is -3.71. The number of hydrogen-bond donors (Lipinski definition) is 2. The van der Waals surface area contributed by atoms with Gasteiger partial charge in [-0.2, -0.15) is 21.6 Å². The third kappa shape index (κ3) is 7.27. The summed E-state index contributed by atoms with van der Waals surface area (Å²) in [5.41, 5.74) is -0.270. The minimum Gasteiger partial charge on any atom is -0.468 e. The second-order valence-corrected chi connectivity index (χ2v) is 10.9. The molecule has 0 saturated carbocycles. The van der Waals surface area contributed by atoms with Crippen LogP contribution in [0.3, 0.4) is 0 Å². The van der Waals surface area contributed by atoms with E-state index >= 15 is 0 Å². The first-order valence-corrected chi connectivity index (χ1v) is 14.3. The van der Waals surface area contributed by atoms with E-state index in [9.17, 15) is 26.4 Å². The molecule has 0 spiro atoms. The predicted octanol–water partition coefficient (Wildman–Crippen LogP) is 4.26. The summed E-state index contributed by atoms with van der Waals surface area (Å²) in [6, 6.07) is 13.1. The molecular formula is C27H30F3N5O4S. The molecule has 4 bridgehead atoms. The SMILES string of the molecule is COC(=O)CNCCN1CCCCCc2ccccc2-c2nc(ccc2C(F)(F)F)NS(=O)(=O)c2cccc1n2. The van der Waals surface area contributed by atoms with Gasteiger partial charge in [0, 0.05) is 25.2 Å². The van der Waals surface area contributed by atoms with Crippen LogP contribution in [0.4, 0.5) is 24.8 Å². The van der Waals surface area contributed by atoms with Crippen LogP contribution in [0, 0.1) is 0 Å². The van der Waals surface area contributed by atoms with Crippen molar-refractivity contribution >= 4 is 27.6 Å². The summed E-state index contributed by atoms with van der Waals surface area (Å²) in [6.07, 6.45) is -1.91. The highest BCUT2D eigenvalue weighted by atomic mass is 32.2. The molecule has 0 saturated heterocycles. The first kappa shape index (κ1) is 29.3. The first-order valence-electron chi connectivity index (χ1n) is 12.8. The molecule has 0 amide bonds. The molecule has 0 atom stereocenters. The number of aromatic nitrogens is 2. The van der Waals surface area contributed by atoms with E-state index in [1.165, 1.54) is 13.2 Å². The summed E-state index contributed by atoms with van der Waals surface area (Å²) in [5.74, 6) is -0.229. The Morgan fingerprint density at radius 3 is 2.62 bits per heavy atom. The van der Waals surface area contributed by atoms with Crippen LogP contribution in [0.1, 0.15) is 30.4 Å². The number of hydrogen-bond acceptors (Lipinski definition) is 8. The average Bonchev–Trinajstić information content (AvgIpc) is 2.92. The molecule has 0 unspecified atom stereocenters. The molecule has 3 aromatic rings. The Bertz CT molecular complexity index is 1450. The van der Waals surface area contributed by atoms with Gasteiger partial charge in [0.1, 0.15) is 11.6 Å². The van der Waals surface area contributed by atoms with Gasteiger partial charge in [-0.05, 0) is 49.1 Å². The van der Waals surface area contributed by atoms with Gasteiger partial charge in [-0.25, -0.2) is 9.97 Å². The molecule has 40 heavy (non-hydrogen) atoms. The van der Waals surface area contributed by atoms with Gasteiger partial charge >= 0.3 is 12.1 Å². The quantitative estimate of drug-likeness (QED) is 0.342. The standard InChI is InChI=1S/C27H30F3N5O4S/c1-39-25(36)18-31-15-17-35-16-6-2-3-8-19-9-4-5-10-20(19)26-21(27(28,29)30)13-14-22(32-26)34-40(37,38)24-12-7-11-23(35)33-24/h4-5,7,9-14,31H,2-3,6,8,15-18H2,1H3,(H,32,34). The maximum Gasteiger partial charge on any atom is 0.418 e. The van der Waals surface area contributed by atoms with Crippen LogP contribution < -0.4 is 14.9 Å². The van der Waals surface area contributed by atoms with E-state index in [2.05, 4.69) is 24.7 Å². The zero-order valence-electron chi connectivity index (χ0n) is 21.9. The van der Waals surface area contributed by atoms with Crippen LogP contribution in [-0.4, -0.2) is 57.6 Å². The number of pyridine rings is 2. The first-order chi connectivity index (χ1) is 19.1. The summed E-state index contributed by atoms with van der Waals surface area (Å²) >= 11 is 0. The highest BCUT2D eigenvalue weighted by Gasteiger charge is 2.35. The van der Waals surface area contributed by atoms with Crippen molar-refractivity contribution in [1.29, 1.82) is 0 Å². The number of nitrogens with one attached hydrogen (secondary N) is 2. The van der Waals surface area contributed by atoms with E-state index < -0.39 is 27.7 Å². The molecule has 2 aromatic heterocycles. The lowest BCUT2D eigenvalue weighted by Crippen LogP contribution is -2.36. The minimum absolute atomic E-state index is 0.0393. The highest BCUT2D eigenvalue weighted by Crippen LogP contribution is 2.38. The number of benzene rings is 1. The molecule has 4 rings (SSSR count). The smallest absolute Gasteiger partial charge is 0.418 e. The second-order valence-electron chi connectivity index (χ2n) is 9.24. The number of ether oxygens (including phenoxy) is 1. The Labute approximate surface area is 230 Å². The molecule has 3 heterocycles. The Morgan fingerprint density at radius 2 is 1.85 bits per heavy atom. The van der Waals surface area contributed by atoms with Crippen molar-refractivity contribution in [3.8, 4) is 11.3 Å². The molecular weight excluding hydrogens is 547 g/mol. The number of anilines is 2. The molecule has 13 heteroatoms. The summed E-state index contributed by atoms with van der Waals surface area (Å²) in [4.78, 5) is 21.8. The van der Waals surface area contributed by atoms with Crippen molar-refractivity contribution < 1.29 is 31.1 Å². The molecule has 1 aromatic carbocycles. The Morgan fingerprint density at radius 1 is 1.05 bits per heavy atom. The van der Waals surface area contributed by atoms with Crippen molar-refractivity contribution in [1.82, 2.24) is 15.3 Å². The van der Waals surface area contributed by atoms with E-state index in [0.29, 0.717) is 43.0 Å². The molecule has 0 fully saturated rings.